The minimum Gasteiger partial charge on any atom is -0.345 e. The van der Waals surface area contributed by atoms with Crippen LogP contribution >= 0.6 is 11.6 Å². The Morgan fingerprint density at radius 3 is 2.32 bits per heavy atom. The molecule has 22 heavy (non-hydrogen) atoms. The van der Waals surface area contributed by atoms with E-state index in [9.17, 15) is 22.4 Å². The first-order valence-corrected chi connectivity index (χ1v) is 6.57. The zero-order valence-corrected chi connectivity index (χ0v) is 12.0. The number of rotatable bonds is 3. The van der Waals surface area contributed by atoms with Crippen molar-refractivity contribution >= 4 is 17.5 Å². The molecule has 2 rings (SSSR count). The van der Waals surface area contributed by atoms with Gasteiger partial charge in [0, 0.05) is 11.6 Å². The molecule has 0 aliphatic heterocycles. The Morgan fingerprint density at radius 1 is 1.05 bits per heavy atom. The Balaban J connectivity index is 2.23. The molecule has 0 bridgehead atoms. The van der Waals surface area contributed by atoms with Crippen LogP contribution < -0.4 is 5.32 Å². The molecule has 0 saturated carbocycles. The summed E-state index contributed by atoms with van der Waals surface area (Å²) in [5, 5.41) is 2.11. The van der Waals surface area contributed by atoms with Crippen LogP contribution in [0.15, 0.2) is 30.3 Å². The van der Waals surface area contributed by atoms with Crippen molar-refractivity contribution in [2.75, 3.05) is 0 Å². The first-order valence-electron chi connectivity index (χ1n) is 6.20. The number of amides is 1. The summed E-state index contributed by atoms with van der Waals surface area (Å²) in [5.74, 6) is -4.79. The molecule has 1 atom stereocenters. The highest BCUT2D eigenvalue weighted by Crippen LogP contribution is 2.22. The van der Waals surface area contributed by atoms with Gasteiger partial charge in [-0.15, -0.1) is 0 Å². The van der Waals surface area contributed by atoms with Crippen molar-refractivity contribution in [3.05, 3.63) is 69.8 Å². The zero-order chi connectivity index (χ0) is 16.4. The number of nitrogens with one attached hydrogen (secondary N) is 1. The molecule has 0 aliphatic rings. The summed E-state index contributed by atoms with van der Waals surface area (Å²) < 4.78 is 52.6. The molecule has 1 N–H and O–H groups in total. The second kappa shape index (κ2) is 6.36. The minimum absolute atomic E-state index is 0.0495. The molecule has 0 radical (unpaired) electrons. The van der Waals surface area contributed by atoms with Crippen molar-refractivity contribution in [2.24, 2.45) is 0 Å². The predicted molar refractivity (Wildman–Crippen MR) is 73.6 cm³/mol. The Labute approximate surface area is 128 Å². The third-order valence-corrected chi connectivity index (χ3v) is 3.34. The van der Waals surface area contributed by atoms with Gasteiger partial charge in [-0.1, -0.05) is 17.7 Å². The number of hydrogen-bond acceptors (Lipinski definition) is 1. The molecule has 1 unspecified atom stereocenters. The Morgan fingerprint density at radius 2 is 1.68 bits per heavy atom. The van der Waals surface area contributed by atoms with Crippen molar-refractivity contribution in [3.63, 3.8) is 0 Å². The molecule has 2 aromatic carbocycles. The van der Waals surface area contributed by atoms with E-state index in [2.05, 4.69) is 5.32 Å². The van der Waals surface area contributed by atoms with Crippen LogP contribution in [0, 0.1) is 23.3 Å². The van der Waals surface area contributed by atoms with E-state index in [0.717, 1.165) is 6.07 Å². The lowest BCUT2D eigenvalue weighted by atomic mass is 10.1. The zero-order valence-electron chi connectivity index (χ0n) is 11.3. The number of hydrogen-bond donors (Lipinski definition) is 1. The highest BCUT2D eigenvalue weighted by molar-refractivity contribution is 6.33. The molecule has 1 amide bonds. The van der Waals surface area contributed by atoms with Gasteiger partial charge in [0.05, 0.1) is 16.6 Å². The second-order valence-corrected chi connectivity index (χ2v) is 5.01. The number of carbonyl (C=O) groups is 1. The van der Waals surface area contributed by atoms with Crippen LogP contribution in [0.3, 0.4) is 0 Å². The van der Waals surface area contributed by atoms with Crippen molar-refractivity contribution in [1.82, 2.24) is 5.32 Å². The van der Waals surface area contributed by atoms with Crippen molar-refractivity contribution in [3.8, 4) is 0 Å². The van der Waals surface area contributed by atoms with Crippen LogP contribution in [-0.2, 0) is 0 Å². The first kappa shape index (κ1) is 16.3. The number of carbonyl (C=O) groups excluding carboxylic acids is 1. The summed E-state index contributed by atoms with van der Waals surface area (Å²) in [6.45, 7) is 1.46. The van der Waals surface area contributed by atoms with E-state index in [1.807, 2.05) is 0 Å². The number of benzene rings is 2. The van der Waals surface area contributed by atoms with Crippen LogP contribution in [0.25, 0.3) is 0 Å². The summed E-state index contributed by atoms with van der Waals surface area (Å²) in [7, 11) is 0. The lowest BCUT2D eigenvalue weighted by Gasteiger charge is -2.16. The lowest BCUT2D eigenvalue weighted by Crippen LogP contribution is -2.27. The standard InChI is InChI=1S/C15H10ClF4NO/c1-7(9-3-2-8(17)4-12(9)18)21-15(22)10-5-13(19)14(20)6-11(10)16/h2-7H,1H3,(H,21,22). The van der Waals surface area contributed by atoms with Crippen molar-refractivity contribution < 1.29 is 22.4 Å². The molecule has 0 saturated heterocycles. The van der Waals surface area contributed by atoms with Crippen molar-refractivity contribution in [2.45, 2.75) is 13.0 Å². The quantitative estimate of drug-likeness (QED) is 0.656. The van der Waals surface area contributed by atoms with Gasteiger partial charge in [-0.25, -0.2) is 17.6 Å². The molecule has 0 heterocycles. The summed E-state index contributed by atoms with van der Waals surface area (Å²) in [6, 6.07) is 3.42. The third-order valence-electron chi connectivity index (χ3n) is 3.03. The van der Waals surface area contributed by atoms with Crippen LogP contribution in [0.1, 0.15) is 28.9 Å². The van der Waals surface area contributed by atoms with Gasteiger partial charge in [0.1, 0.15) is 11.6 Å². The summed E-state index contributed by atoms with van der Waals surface area (Å²) in [6.07, 6.45) is 0. The Kier molecular flexibility index (Phi) is 4.71. The fourth-order valence-electron chi connectivity index (χ4n) is 1.90. The largest absolute Gasteiger partial charge is 0.345 e. The normalized spacial score (nSPS) is 12.1. The highest BCUT2D eigenvalue weighted by Gasteiger charge is 2.19. The molecule has 0 spiro atoms. The third kappa shape index (κ3) is 3.39. The maximum atomic E-state index is 13.6. The molecular formula is C15H10ClF4NO. The van der Waals surface area contributed by atoms with Crippen molar-refractivity contribution in [1.29, 1.82) is 0 Å². The van der Waals surface area contributed by atoms with Gasteiger partial charge in [0.15, 0.2) is 11.6 Å². The summed E-state index contributed by atoms with van der Waals surface area (Å²) in [5.41, 5.74) is -0.233. The lowest BCUT2D eigenvalue weighted by molar-refractivity contribution is 0.0939. The van der Waals surface area contributed by atoms with E-state index >= 15 is 0 Å². The second-order valence-electron chi connectivity index (χ2n) is 4.61. The maximum Gasteiger partial charge on any atom is 0.253 e. The molecule has 2 nitrogen and oxygen atoms in total. The van der Waals surface area contributed by atoms with Crippen LogP contribution in [0.5, 0.6) is 0 Å². The van der Waals surface area contributed by atoms with E-state index in [4.69, 9.17) is 11.6 Å². The monoisotopic (exact) mass is 331 g/mol. The van der Waals surface area contributed by atoms with E-state index in [1.54, 1.807) is 0 Å². The van der Waals surface area contributed by atoms with E-state index in [1.165, 1.54) is 13.0 Å². The molecule has 0 fully saturated rings. The van der Waals surface area contributed by atoms with Gasteiger partial charge in [0.2, 0.25) is 0 Å². The Bertz CT molecular complexity index is 736. The van der Waals surface area contributed by atoms with Crippen LogP contribution in [-0.4, -0.2) is 5.91 Å². The topological polar surface area (TPSA) is 29.1 Å². The van der Waals surface area contributed by atoms with Gasteiger partial charge in [-0.05, 0) is 25.1 Å². The molecule has 0 aromatic heterocycles. The molecule has 2 aromatic rings. The SMILES string of the molecule is CC(NC(=O)c1cc(F)c(F)cc1Cl)c1ccc(F)cc1F. The first-order chi connectivity index (χ1) is 10.3. The van der Waals surface area contributed by atoms with Gasteiger partial charge in [0.25, 0.3) is 5.91 Å². The molecule has 0 aliphatic carbocycles. The average molecular weight is 332 g/mol. The van der Waals surface area contributed by atoms with Gasteiger partial charge in [-0.3, -0.25) is 4.79 Å². The van der Waals surface area contributed by atoms with Gasteiger partial charge < -0.3 is 5.32 Å². The summed E-state index contributed by atoms with van der Waals surface area (Å²) in [4.78, 5) is 12.0. The van der Waals surface area contributed by atoms with Crippen LogP contribution in [0.2, 0.25) is 5.02 Å². The van der Waals surface area contributed by atoms with Gasteiger partial charge >= 0.3 is 0 Å². The van der Waals surface area contributed by atoms with Crippen LogP contribution in [0.4, 0.5) is 17.6 Å². The fraction of sp³-hybridized carbons (Fsp3) is 0.133. The predicted octanol–water partition coefficient (Wildman–Crippen LogP) is 4.39. The van der Waals surface area contributed by atoms with E-state index in [0.29, 0.717) is 18.2 Å². The van der Waals surface area contributed by atoms with Gasteiger partial charge in [-0.2, -0.15) is 0 Å². The number of halogens is 5. The molecule has 7 heteroatoms. The molecular weight excluding hydrogens is 322 g/mol. The molecule has 116 valence electrons. The smallest absolute Gasteiger partial charge is 0.253 e. The van der Waals surface area contributed by atoms with E-state index < -0.39 is 35.2 Å². The van der Waals surface area contributed by atoms with E-state index in [-0.39, 0.29) is 16.1 Å². The maximum absolute atomic E-state index is 13.6. The average Bonchev–Trinajstić information content (AvgIpc) is 2.42. The highest BCUT2D eigenvalue weighted by atomic mass is 35.5. The fourth-order valence-corrected chi connectivity index (χ4v) is 2.14. The minimum atomic E-state index is -1.23. The Hall–Kier alpha value is -2.08. The summed E-state index contributed by atoms with van der Waals surface area (Å²) >= 11 is 5.69.